The van der Waals surface area contributed by atoms with Gasteiger partial charge in [0.1, 0.15) is 5.54 Å². The van der Waals surface area contributed by atoms with Crippen LogP contribution in [0.25, 0.3) is 0 Å². The summed E-state index contributed by atoms with van der Waals surface area (Å²) in [5.74, 6) is -0.0301. The summed E-state index contributed by atoms with van der Waals surface area (Å²) in [6.45, 7) is 3.83. The van der Waals surface area contributed by atoms with E-state index in [9.17, 15) is 14.9 Å². The molecule has 7 nitrogen and oxygen atoms in total. The van der Waals surface area contributed by atoms with E-state index in [2.05, 4.69) is 5.32 Å². The molecule has 0 aliphatic carbocycles. The highest BCUT2D eigenvalue weighted by atomic mass is 16.6. The van der Waals surface area contributed by atoms with Crippen molar-refractivity contribution in [1.29, 1.82) is 0 Å². The maximum Gasteiger partial charge on any atom is 0.270 e. The van der Waals surface area contributed by atoms with Gasteiger partial charge in [-0.3, -0.25) is 19.9 Å². The van der Waals surface area contributed by atoms with Crippen LogP contribution in [-0.2, 0) is 4.79 Å². The number of carbonyl (C=O) groups is 1. The second-order valence-electron chi connectivity index (χ2n) is 7.12. The van der Waals surface area contributed by atoms with Gasteiger partial charge in [0, 0.05) is 29.8 Å². The van der Waals surface area contributed by atoms with Crippen molar-refractivity contribution in [2.45, 2.75) is 25.3 Å². The molecule has 0 bridgehead atoms. The number of amides is 1. The number of non-ortho nitro benzene ring substituents is 1. The van der Waals surface area contributed by atoms with Crippen LogP contribution in [0.4, 0.5) is 11.4 Å². The standard InChI is InChI=1S/C21H22N4O3/c1-2-24-18-9-8-16(25(27)28)14-17(18)19(15-6-4-3-5-7-15)23-21(20(24)26)10-12-22-13-11-21/h3-9,14,22H,2,10-13H2,1H3. The first-order valence-electron chi connectivity index (χ1n) is 9.52. The maximum atomic E-state index is 13.6. The highest BCUT2D eigenvalue weighted by molar-refractivity contribution is 6.21. The number of hydrogen-bond acceptors (Lipinski definition) is 5. The van der Waals surface area contributed by atoms with E-state index in [0.717, 1.165) is 5.56 Å². The van der Waals surface area contributed by atoms with E-state index in [0.29, 0.717) is 49.4 Å². The van der Waals surface area contributed by atoms with Crippen LogP contribution in [0.15, 0.2) is 53.5 Å². The van der Waals surface area contributed by atoms with Gasteiger partial charge in [0.25, 0.3) is 11.6 Å². The number of piperidine rings is 1. The van der Waals surface area contributed by atoms with Crippen LogP contribution in [-0.4, -0.2) is 41.7 Å². The lowest BCUT2D eigenvalue weighted by Gasteiger charge is -2.35. The van der Waals surface area contributed by atoms with Gasteiger partial charge in [-0.2, -0.15) is 0 Å². The molecular weight excluding hydrogens is 356 g/mol. The zero-order valence-corrected chi connectivity index (χ0v) is 15.7. The summed E-state index contributed by atoms with van der Waals surface area (Å²) in [5.41, 5.74) is 1.95. The number of nitrogens with zero attached hydrogens (tertiary/aromatic N) is 3. The summed E-state index contributed by atoms with van der Waals surface area (Å²) in [4.78, 5) is 31.3. The molecule has 4 rings (SSSR count). The number of hydrogen-bond donors (Lipinski definition) is 1. The van der Waals surface area contributed by atoms with Crippen molar-refractivity contribution >= 4 is 23.0 Å². The van der Waals surface area contributed by atoms with Crippen LogP contribution in [0.1, 0.15) is 30.9 Å². The minimum Gasteiger partial charge on any atom is -0.317 e. The summed E-state index contributed by atoms with van der Waals surface area (Å²) in [6, 6.07) is 14.3. The van der Waals surface area contributed by atoms with Gasteiger partial charge in [-0.05, 0) is 38.9 Å². The molecule has 2 heterocycles. The van der Waals surface area contributed by atoms with Crippen LogP contribution in [0, 0.1) is 10.1 Å². The minimum atomic E-state index is -0.847. The molecule has 2 aromatic rings. The van der Waals surface area contributed by atoms with E-state index in [4.69, 9.17) is 4.99 Å². The van der Waals surface area contributed by atoms with Gasteiger partial charge in [0.05, 0.1) is 16.3 Å². The van der Waals surface area contributed by atoms with Crippen molar-refractivity contribution in [1.82, 2.24) is 5.32 Å². The Morgan fingerprint density at radius 2 is 1.89 bits per heavy atom. The van der Waals surface area contributed by atoms with E-state index in [1.807, 2.05) is 37.3 Å². The molecule has 0 aromatic heterocycles. The Bertz CT molecular complexity index is 949. The lowest BCUT2D eigenvalue weighted by atomic mass is 9.87. The van der Waals surface area contributed by atoms with E-state index in [1.54, 1.807) is 11.0 Å². The molecule has 0 unspecified atom stereocenters. The summed E-state index contributed by atoms with van der Waals surface area (Å²) < 4.78 is 0. The van der Waals surface area contributed by atoms with Crippen LogP contribution < -0.4 is 10.2 Å². The van der Waals surface area contributed by atoms with Crippen molar-refractivity contribution in [2.24, 2.45) is 4.99 Å². The predicted molar refractivity (Wildman–Crippen MR) is 108 cm³/mol. The fourth-order valence-corrected chi connectivity index (χ4v) is 4.04. The van der Waals surface area contributed by atoms with Crippen molar-refractivity contribution in [3.8, 4) is 0 Å². The molecule has 0 atom stereocenters. The minimum absolute atomic E-state index is 0.00727. The third kappa shape index (κ3) is 2.97. The average Bonchev–Trinajstić information content (AvgIpc) is 2.82. The van der Waals surface area contributed by atoms with Crippen LogP contribution >= 0.6 is 0 Å². The molecule has 2 aliphatic rings. The topological polar surface area (TPSA) is 87.8 Å². The smallest absolute Gasteiger partial charge is 0.270 e. The Balaban J connectivity index is 2.01. The van der Waals surface area contributed by atoms with Gasteiger partial charge in [-0.25, -0.2) is 0 Å². The molecular formula is C21H22N4O3. The van der Waals surface area contributed by atoms with Crippen molar-refractivity contribution < 1.29 is 9.72 Å². The highest BCUT2D eigenvalue weighted by Crippen LogP contribution is 2.37. The largest absolute Gasteiger partial charge is 0.317 e. The van der Waals surface area contributed by atoms with Gasteiger partial charge in [-0.1, -0.05) is 30.3 Å². The fourth-order valence-electron chi connectivity index (χ4n) is 4.04. The summed E-state index contributed by atoms with van der Waals surface area (Å²) in [7, 11) is 0. The first-order valence-corrected chi connectivity index (χ1v) is 9.52. The number of anilines is 1. The van der Waals surface area contributed by atoms with Gasteiger partial charge >= 0.3 is 0 Å². The second-order valence-corrected chi connectivity index (χ2v) is 7.12. The number of nitro benzene ring substituents is 1. The number of benzene rings is 2. The van der Waals surface area contributed by atoms with Gasteiger partial charge in [0.2, 0.25) is 0 Å². The Hall–Kier alpha value is -3.06. The SMILES string of the molecule is CCN1C(=O)C2(CCNCC2)N=C(c2ccccc2)c2cc([N+](=O)[O-])ccc21. The first-order chi connectivity index (χ1) is 13.6. The average molecular weight is 378 g/mol. The van der Waals surface area contributed by atoms with Crippen molar-refractivity contribution in [2.75, 3.05) is 24.5 Å². The van der Waals surface area contributed by atoms with E-state index in [1.165, 1.54) is 12.1 Å². The van der Waals surface area contributed by atoms with E-state index < -0.39 is 10.5 Å². The third-order valence-corrected chi connectivity index (χ3v) is 5.50. The zero-order chi connectivity index (χ0) is 19.7. The number of aliphatic imine (C=N–C) groups is 1. The Labute approximate surface area is 163 Å². The lowest BCUT2D eigenvalue weighted by molar-refractivity contribution is -0.384. The molecule has 1 saturated heterocycles. The fraction of sp³-hybridized carbons (Fsp3) is 0.333. The first kappa shape index (κ1) is 18.3. The van der Waals surface area contributed by atoms with Crippen LogP contribution in [0.3, 0.4) is 0 Å². The van der Waals surface area contributed by atoms with Gasteiger partial charge in [-0.15, -0.1) is 0 Å². The van der Waals surface area contributed by atoms with Crippen LogP contribution in [0.2, 0.25) is 0 Å². The quantitative estimate of drug-likeness (QED) is 0.657. The number of nitrogens with one attached hydrogen (secondary N) is 1. The molecule has 1 N–H and O–H groups in total. The summed E-state index contributed by atoms with van der Waals surface area (Å²) >= 11 is 0. The van der Waals surface area contributed by atoms with Crippen molar-refractivity contribution in [3.63, 3.8) is 0 Å². The Morgan fingerprint density at radius 1 is 1.18 bits per heavy atom. The number of likely N-dealkylation sites (N-methyl/N-ethyl adjacent to an activating group) is 1. The third-order valence-electron chi connectivity index (χ3n) is 5.50. The number of fused-ring (bicyclic) bond motifs is 1. The van der Waals surface area contributed by atoms with Crippen molar-refractivity contribution in [3.05, 3.63) is 69.8 Å². The molecule has 0 radical (unpaired) electrons. The van der Waals surface area contributed by atoms with Gasteiger partial charge < -0.3 is 10.2 Å². The normalized spacial score (nSPS) is 18.4. The molecule has 0 saturated carbocycles. The monoisotopic (exact) mass is 378 g/mol. The zero-order valence-electron chi connectivity index (χ0n) is 15.7. The molecule has 1 spiro atoms. The molecule has 1 amide bonds. The molecule has 7 heteroatoms. The number of rotatable bonds is 3. The molecule has 144 valence electrons. The van der Waals surface area contributed by atoms with Crippen LogP contribution in [0.5, 0.6) is 0 Å². The highest BCUT2D eigenvalue weighted by Gasteiger charge is 2.45. The van der Waals surface area contributed by atoms with E-state index >= 15 is 0 Å². The van der Waals surface area contributed by atoms with E-state index in [-0.39, 0.29) is 11.6 Å². The molecule has 28 heavy (non-hydrogen) atoms. The number of carbonyl (C=O) groups excluding carboxylic acids is 1. The predicted octanol–water partition coefficient (Wildman–Crippen LogP) is 2.92. The second kappa shape index (κ2) is 7.16. The molecule has 2 aromatic carbocycles. The lowest BCUT2D eigenvalue weighted by Crippen LogP contribution is -2.53. The Morgan fingerprint density at radius 3 is 2.54 bits per heavy atom. The summed E-state index contributed by atoms with van der Waals surface area (Å²) in [6.07, 6.45) is 1.21. The molecule has 2 aliphatic heterocycles. The van der Waals surface area contributed by atoms with Gasteiger partial charge in [0.15, 0.2) is 0 Å². The molecule has 1 fully saturated rings. The maximum absolute atomic E-state index is 13.6. The Kier molecular flexibility index (Phi) is 4.68. The summed E-state index contributed by atoms with van der Waals surface area (Å²) in [5, 5.41) is 14.7. The number of nitro groups is 1.